The lowest BCUT2D eigenvalue weighted by atomic mass is 10.1. The fourth-order valence-corrected chi connectivity index (χ4v) is 1.60. The molecule has 0 saturated heterocycles. The molecule has 0 aliphatic rings. The molecule has 2 heteroatoms. The highest BCUT2D eigenvalue weighted by atomic mass is 16.5. The Labute approximate surface area is 100 Å². The molecule has 0 fully saturated rings. The minimum Gasteiger partial charge on any atom is -0.435 e. The number of allylic oxidation sites excluding steroid dienone is 1. The number of ether oxygens (including phenoxy) is 1. The zero-order chi connectivity index (χ0) is 12.2. The van der Waals surface area contributed by atoms with Gasteiger partial charge in [0.1, 0.15) is 0 Å². The number of rotatable bonds is 9. The molecule has 0 bridgehead atoms. The van der Waals surface area contributed by atoms with Gasteiger partial charge in [-0.05, 0) is 25.3 Å². The molecule has 0 radical (unpaired) electrons. The maximum atomic E-state index is 10.6. The van der Waals surface area contributed by atoms with E-state index in [0.717, 1.165) is 12.0 Å². The molecule has 0 aliphatic heterocycles. The van der Waals surface area contributed by atoms with E-state index in [9.17, 15) is 4.79 Å². The van der Waals surface area contributed by atoms with Crippen molar-refractivity contribution in [3.05, 3.63) is 11.8 Å². The molecule has 0 amide bonds. The summed E-state index contributed by atoms with van der Waals surface area (Å²) in [5, 5.41) is 0. The second-order valence-corrected chi connectivity index (χ2v) is 4.44. The van der Waals surface area contributed by atoms with Gasteiger partial charge in [-0.2, -0.15) is 0 Å². The number of carbonyl (C=O) groups is 1. The van der Waals surface area contributed by atoms with Crippen LogP contribution in [-0.2, 0) is 9.53 Å². The molecule has 94 valence electrons. The van der Waals surface area contributed by atoms with Gasteiger partial charge >= 0.3 is 5.97 Å². The zero-order valence-corrected chi connectivity index (χ0v) is 11.1. The predicted molar refractivity (Wildman–Crippen MR) is 68.1 cm³/mol. The Morgan fingerprint density at radius 3 is 2.12 bits per heavy atom. The highest BCUT2D eigenvalue weighted by Crippen LogP contribution is 2.11. The Morgan fingerprint density at radius 1 is 1.00 bits per heavy atom. The molecule has 0 atom stereocenters. The van der Waals surface area contributed by atoms with Crippen LogP contribution < -0.4 is 0 Å². The molecule has 0 aliphatic carbocycles. The molecule has 2 nitrogen and oxygen atoms in total. The topological polar surface area (TPSA) is 26.3 Å². The lowest BCUT2D eigenvalue weighted by Gasteiger charge is -2.02. The van der Waals surface area contributed by atoms with Gasteiger partial charge in [0.25, 0.3) is 0 Å². The van der Waals surface area contributed by atoms with Crippen molar-refractivity contribution >= 4 is 5.97 Å². The fraction of sp³-hybridized carbons (Fsp3) is 0.786. The van der Waals surface area contributed by atoms with Crippen LogP contribution in [0.2, 0.25) is 0 Å². The number of unbranched alkanes of at least 4 members (excludes halogenated alkanes) is 6. The van der Waals surface area contributed by atoms with Crippen LogP contribution in [0.25, 0.3) is 0 Å². The summed E-state index contributed by atoms with van der Waals surface area (Å²) < 4.78 is 4.81. The van der Waals surface area contributed by atoms with Crippen LogP contribution in [0.1, 0.15) is 72.1 Å². The molecule has 0 aromatic heterocycles. The van der Waals surface area contributed by atoms with Gasteiger partial charge in [-0.3, -0.25) is 4.79 Å². The first-order valence-electron chi connectivity index (χ1n) is 6.49. The monoisotopic (exact) mass is 226 g/mol. The van der Waals surface area contributed by atoms with E-state index < -0.39 is 0 Å². The van der Waals surface area contributed by atoms with Crippen molar-refractivity contribution < 1.29 is 9.53 Å². The average Bonchev–Trinajstić information content (AvgIpc) is 2.25. The van der Waals surface area contributed by atoms with Crippen LogP contribution in [0.15, 0.2) is 11.8 Å². The van der Waals surface area contributed by atoms with Crippen LogP contribution in [0, 0.1) is 0 Å². The Balaban J connectivity index is 3.30. The molecule has 0 aromatic rings. The van der Waals surface area contributed by atoms with Crippen molar-refractivity contribution in [2.45, 2.75) is 72.1 Å². The van der Waals surface area contributed by atoms with Gasteiger partial charge < -0.3 is 4.74 Å². The Bertz CT molecular complexity index is 207. The van der Waals surface area contributed by atoms with E-state index in [-0.39, 0.29) is 5.97 Å². The summed E-state index contributed by atoms with van der Waals surface area (Å²) in [6.07, 6.45) is 11.9. The van der Waals surface area contributed by atoms with Gasteiger partial charge in [0.2, 0.25) is 0 Å². The second-order valence-electron chi connectivity index (χ2n) is 4.44. The molecule has 0 N–H and O–H groups in total. The third-order valence-electron chi connectivity index (χ3n) is 2.60. The van der Waals surface area contributed by atoms with Gasteiger partial charge in [-0.15, -0.1) is 0 Å². The van der Waals surface area contributed by atoms with Crippen molar-refractivity contribution in [3.63, 3.8) is 0 Å². The number of hydrogen-bond donors (Lipinski definition) is 0. The van der Waals surface area contributed by atoms with Gasteiger partial charge in [-0.25, -0.2) is 0 Å². The van der Waals surface area contributed by atoms with Crippen LogP contribution in [0.3, 0.4) is 0 Å². The Kier molecular flexibility index (Phi) is 10.2. The van der Waals surface area contributed by atoms with Crippen molar-refractivity contribution in [1.82, 2.24) is 0 Å². The summed E-state index contributed by atoms with van der Waals surface area (Å²) in [7, 11) is 0. The van der Waals surface area contributed by atoms with Gasteiger partial charge in [0, 0.05) is 6.92 Å². The standard InChI is InChI=1S/C14H26O2/c1-4-5-6-7-8-9-10-11-13(2)12-16-14(3)15/h12H,4-11H2,1-3H3/b13-12-. The summed E-state index contributed by atoms with van der Waals surface area (Å²) in [6.45, 7) is 5.68. The second kappa shape index (κ2) is 10.7. The van der Waals surface area contributed by atoms with Gasteiger partial charge in [-0.1, -0.05) is 45.4 Å². The first-order chi connectivity index (χ1) is 7.66. The largest absolute Gasteiger partial charge is 0.435 e. The average molecular weight is 226 g/mol. The van der Waals surface area contributed by atoms with E-state index in [0.29, 0.717) is 0 Å². The Morgan fingerprint density at radius 2 is 1.56 bits per heavy atom. The van der Waals surface area contributed by atoms with Crippen molar-refractivity contribution in [2.24, 2.45) is 0 Å². The van der Waals surface area contributed by atoms with E-state index in [2.05, 4.69) is 6.92 Å². The van der Waals surface area contributed by atoms with Crippen molar-refractivity contribution in [2.75, 3.05) is 0 Å². The smallest absolute Gasteiger partial charge is 0.307 e. The third kappa shape index (κ3) is 11.3. The van der Waals surface area contributed by atoms with E-state index in [1.165, 1.54) is 51.9 Å². The number of hydrogen-bond acceptors (Lipinski definition) is 2. The third-order valence-corrected chi connectivity index (χ3v) is 2.60. The minimum atomic E-state index is -0.237. The summed E-state index contributed by atoms with van der Waals surface area (Å²) in [5.74, 6) is -0.237. The molecular formula is C14H26O2. The molecule has 0 saturated carbocycles. The van der Waals surface area contributed by atoms with Crippen molar-refractivity contribution in [1.29, 1.82) is 0 Å². The van der Waals surface area contributed by atoms with Crippen LogP contribution in [0.4, 0.5) is 0 Å². The normalized spacial score (nSPS) is 11.6. The quantitative estimate of drug-likeness (QED) is 0.326. The number of esters is 1. The molecule has 0 spiro atoms. The molecular weight excluding hydrogens is 200 g/mol. The predicted octanol–water partition coefficient (Wildman–Crippen LogP) is 4.59. The van der Waals surface area contributed by atoms with E-state index in [1.54, 1.807) is 6.26 Å². The minimum absolute atomic E-state index is 0.237. The molecule has 0 unspecified atom stereocenters. The lowest BCUT2D eigenvalue weighted by molar-refractivity contribution is -0.135. The fourth-order valence-electron chi connectivity index (χ4n) is 1.60. The summed E-state index contributed by atoms with van der Waals surface area (Å²) in [5.41, 5.74) is 1.16. The van der Waals surface area contributed by atoms with Crippen LogP contribution >= 0.6 is 0 Å². The van der Waals surface area contributed by atoms with Gasteiger partial charge in [0.15, 0.2) is 0 Å². The highest BCUT2D eigenvalue weighted by molar-refractivity contribution is 5.66. The maximum Gasteiger partial charge on any atom is 0.307 e. The number of carbonyl (C=O) groups excluding carboxylic acids is 1. The molecule has 0 aromatic carbocycles. The molecule has 0 heterocycles. The zero-order valence-electron chi connectivity index (χ0n) is 11.1. The maximum absolute atomic E-state index is 10.6. The molecule has 16 heavy (non-hydrogen) atoms. The van der Waals surface area contributed by atoms with E-state index >= 15 is 0 Å². The lowest BCUT2D eigenvalue weighted by Crippen LogP contribution is -1.91. The summed E-state index contributed by atoms with van der Waals surface area (Å²) in [6, 6.07) is 0. The summed E-state index contributed by atoms with van der Waals surface area (Å²) in [4.78, 5) is 10.6. The first-order valence-corrected chi connectivity index (χ1v) is 6.49. The SMILES string of the molecule is CCCCCCCCC/C(C)=C\OC(C)=O. The highest BCUT2D eigenvalue weighted by Gasteiger charge is 1.94. The van der Waals surface area contributed by atoms with Crippen LogP contribution in [-0.4, -0.2) is 5.97 Å². The van der Waals surface area contributed by atoms with Gasteiger partial charge in [0.05, 0.1) is 6.26 Å². The van der Waals surface area contributed by atoms with Crippen LogP contribution in [0.5, 0.6) is 0 Å². The first kappa shape index (κ1) is 15.2. The summed E-state index contributed by atoms with van der Waals surface area (Å²) >= 11 is 0. The van der Waals surface area contributed by atoms with E-state index in [1.807, 2.05) is 6.92 Å². The van der Waals surface area contributed by atoms with Crippen molar-refractivity contribution in [3.8, 4) is 0 Å². The van der Waals surface area contributed by atoms with E-state index in [4.69, 9.17) is 4.74 Å². The molecule has 0 rings (SSSR count). The Hall–Kier alpha value is -0.790.